The zero-order valence-corrected chi connectivity index (χ0v) is 11.6. The average molecular weight is 226 g/mol. The van der Waals surface area contributed by atoms with Gasteiger partial charge >= 0.3 is 0 Å². The topological polar surface area (TPSA) is 29.3 Å². The second-order valence-corrected chi connectivity index (χ2v) is 5.35. The Morgan fingerprint density at radius 2 is 2.00 bits per heavy atom. The molecule has 0 saturated carbocycles. The van der Waals surface area contributed by atoms with Crippen molar-refractivity contribution in [3.63, 3.8) is 0 Å². The van der Waals surface area contributed by atoms with Crippen molar-refractivity contribution >= 4 is 0 Å². The third-order valence-corrected chi connectivity index (χ3v) is 2.93. The van der Waals surface area contributed by atoms with Gasteiger partial charge in [-0.15, -0.1) is 0 Å². The number of likely N-dealkylation sites (N-methyl/N-ethyl adjacent to an activating group) is 1. The van der Waals surface area contributed by atoms with Crippen molar-refractivity contribution < 1.29 is 0 Å². The van der Waals surface area contributed by atoms with Crippen molar-refractivity contribution in [1.82, 2.24) is 4.90 Å². The maximum absolute atomic E-state index is 5.81. The predicted molar refractivity (Wildman–Crippen MR) is 73.5 cm³/mol. The number of hydrogen-bond donors (Lipinski definition) is 1. The van der Waals surface area contributed by atoms with Gasteiger partial charge in [0, 0.05) is 6.54 Å². The SMILES string of the molecule is C=C(C)CN(CC)CCC(CN)CC(C)C. The predicted octanol–water partition coefficient (Wildman–Crippen LogP) is 2.90. The van der Waals surface area contributed by atoms with Gasteiger partial charge in [-0.25, -0.2) is 0 Å². The molecule has 0 fully saturated rings. The summed E-state index contributed by atoms with van der Waals surface area (Å²) >= 11 is 0. The molecule has 0 heterocycles. The first-order valence-corrected chi connectivity index (χ1v) is 6.56. The van der Waals surface area contributed by atoms with Gasteiger partial charge in [-0.2, -0.15) is 0 Å². The summed E-state index contributed by atoms with van der Waals surface area (Å²) in [7, 11) is 0. The van der Waals surface area contributed by atoms with Gasteiger partial charge in [0.15, 0.2) is 0 Å². The molecule has 2 N–H and O–H groups in total. The highest BCUT2D eigenvalue weighted by Crippen LogP contribution is 2.15. The second-order valence-electron chi connectivity index (χ2n) is 5.35. The molecule has 2 nitrogen and oxygen atoms in total. The summed E-state index contributed by atoms with van der Waals surface area (Å²) in [6.07, 6.45) is 2.47. The Morgan fingerprint density at radius 1 is 1.38 bits per heavy atom. The van der Waals surface area contributed by atoms with Crippen molar-refractivity contribution in [3.05, 3.63) is 12.2 Å². The van der Waals surface area contributed by atoms with Crippen molar-refractivity contribution in [2.75, 3.05) is 26.2 Å². The molecule has 0 bridgehead atoms. The van der Waals surface area contributed by atoms with Crippen molar-refractivity contribution in [3.8, 4) is 0 Å². The monoisotopic (exact) mass is 226 g/mol. The normalized spacial score (nSPS) is 13.4. The Hall–Kier alpha value is -0.340. The van der Waals surface area contributed by atoms with Crippen LogP contribution in [0.3, 0.4) is 0 Å². The van der Waals surface area contributed by atoms with E-state index in [2.05, 4.69) is 39.2 Å². The highest BCUT2D eigenvalue weighted by Gasteiger charge is 2.11. The molecular formula is C14H30N2. The van der Waals surface area contributed by atoms with Crippen LogP contribution < -0.4 is 5.73 Å². The molecule has 96 valence electrons. The number of hydrogen-bond acceptors (Lipinski definition) is 2. The fourth-order valence-electron chi connectivity index (χ4n) is 2.09. The Balaban J connectivity index is 3.92. The molecule has 0 saturated heterocycles. The molecule has 0 rings (SSSR count). The number of nitrogens with two attached hydrogens (primary N) is 1. The molecule has 0 aliphatic rings. The molecule has 2 heteroatoms. The van der Waals surface area contributed by atoms with Crippen LogP contribution in [0.15, 0.2) is 12.2 Å². The van der Waals surface area contributed by atoms with Crippen LogP contribution in [0.25, 0.3) is 0 Å². The maximum Gasteiger partial charge on any atom is 0.0187 e. The molecule has 1 atom stereocenters. The van der Waals surface area contributed by atoms with Gasteiger partial charge in [0.1, 0.15) is 0 Å². The van der Waals surface area contributed by atoms with Gasteiger partial charge in [-0.1, -0.05) is 32.9 Å². The van der Waals surface area contributed by atoms with E-state index in [1.54, 1.807) is 0 Å². The van der Waals surface area contributed by atoms with E-state index in [1.807, 2.05) is 0 Å². The molecular weight excluding hydrogens is 196 g/mol. The van der Waals surface area contributed by atoms with Gasteiger partial charge in [-0.3, -0.25) is 4.90 Å². The van der Waals surface area contributed by atoms with Crippen LogP contribution in [0.2, 0.25) is 0 Å². The smallest absolute Gasteiger partial charge is 0.0187 e. The van der Waals surface area contributed by atoms with E-state index in [4.69, 9.17) is 5.73 Å². The second kappa shape index (κ2) is 8.77. The summed E-state index contributed by atoms with van der Waals surface area (Å²) in [5.74, 6) is 1.43. The van der Waals surface area contributed by atoms with Crippen LogP contribution >= 0.6 is 0 Å². The summed E-state index contributed by atoms with van der Waals surface area (Å²) in [5, 5.41) is 0. The van der Waals surface area contributed by atoms with Gasteiger partial charge in [0.2, 0.25) is 0 Å². The van der Waals surface area contributed by atoms with Crippen LogP contribution in [0, 0.1) is 11.8 Å². The lowest BCUT2D eigenvalue weighted by molar-refractivity contribution is 0.270. The zero-order valence-electron chi connectivity index (χ0n) is 11.6. The van der Waals surface area contributed by atoms with Crippen LogP contribution in [0.5, 0.6) is 0 Å². The van der Waals surface area contributed by atoms with E-state index in [0.29, 0.717) is 5.92 Å². The first-order valence-electron chi connectivity index (χ1n) is 6.56. The Labute approximate surface area is 102 Å². The Morgan fingerprint density at radius 3 is 2.38 bits per heavy atom. The zero-order chi connectivity index (χ0) is 12.6. The van der Waals surface area contributed by atoms with E-state index >= 15 is 0 Å². The molecule has 0 amide bonds. The maximum atomic E-state index is 5.81. The molecule has 1 unspecified atom stereocenters. The van der Waals surface area contributed by atoms with E-state index < -0.39 is 0 Å². The summed E-state index contributed by atoms with van der Waals surface area (Å²) in [6, 6.07) is 0. The van der Waals surface area contributed by atoms with Crippen molar-refractivity contribution in [1.29, 1.82) is 0 Å². The fourth-order valence-corrected chi connectivity index (χ4v) is 2.09. The lowest BCUT2D eigenvalue weighted by Gasteiger charge is -2.24. The van der Waals surface area contributed by atoms with E-state index in [1.165, 1.54) is 18.4 Å². The van der Waals surface area contributed by atoms with Crippen LogP contribution in [-0.4, -0.2) is 31.1 Å². The van der Waals surface area contributed by atoms with Gasteiger partial charge in [-0.05, 0) is 51.2 Å². The van der Waals surface area contributed by atoms with Gasteiger partial charge < -0.3 is 5.73 Å². The quantitative estimate of drug-likeness (QED) is 0.613. The van der Waals surface area contributed by atoms with Gasteiger partial charge in [0.05, 0.1) is 0 Å². The summed E-state index contributed by atoms with van der Waals surface area (Å²) in [4.78, 5) is 2.45. The van der Waals surface area contributed by atoms with Crippen LogP contribution in [0.1, 0.15) is 40.5 Å². The minimum absolute atomic E-state index is 0.680. The van der Waals surface area contributed by atoms with Crippen molar-refractivity contribution in [2.45, 2.75) is 40.5 Å². The first kappa shape index (κ1) is 15.7. The van der Waals surface area contributed by atoms with Crippen LogP contribution in [0.4, 0.5) is 0 Å². The molecule has 0 aliphatic carbocycles. The number of nitrogens with zero attached hydrogens (tertiary/aromatic N) is 1. The average Bonchev–Trinajstić information content (AvgIpc) is 2.20. The highest BCUT2D eigenvalue weighted by molar-refractivity contribution is 4.91. The highest BCUT2D eigenvalue weighted by atomic mass is 15.1. The molecule has 0 spiro atoms. The first-order chi connectivity index (χ1) is 7.49. The molecule has 0 aromatic carbocycles. The summed E-state index contributed by atoms with van der Waals surface area (Å²) < 4.78 is 0. The lowest BCUT2D eigenvalue weighted by Crippen LogP contribution is -2.29. The van der Waals surface area contributed by atoms with Gasteiger partial charge in [0.25, 0.3) is 0 Å². The third-order valence-electron chi connectivity index (χ3n) is 2.93. The Kier molecular flexibility index (Phi) is 8.58. The molecule has 0 aromatic heterocycles. The van der Waals surface area contributed by atoms with Crippen molar-refractivity contribution in [2.24, 2.45) is 17.6 Å². The molecule has 0 aromatic rings. The minimum atomic E-state index is 0.680. The number of rotatable bonds is 9. The van der Waals surface area contributed by atoms with E-state index in [9.17, 15) is 0 Å². The molecule has 0 aliphatic heterocycles. The van der Waals surface area contributed by atoms with Crippen LogP contribution in [-0.2, 0) is 0 Å². The lowest BCUT2D eigenvalue weighted by atomic mass is 9.94. The molecule has 0 radical (unpaired) electrons. The Bertz CT molecular complexity index is 187. The largest absolute Gasteiger partial charge is 0.330 e. The fraction of sp³-hybridized carbons (Fsp3) is 0.857. The van der Waals surface area contributed by atoms with E-state index in [0.717, 1.165) is 32.1 Å². The standard InChI is InChI=1S/C14H30N2/c1-6-16(11-13(4)5)8-7-14(10-15)9-12(2)3/h12,14H,4,6-11,15H2,1-3,5H3. The summed E-state index contributed by atoms with van der Waals surface area (Å²) in [6.45, 7) is 16.9. The summed E-state index contributed by atoms with van der Waals surface area (Å²) in [5.41, 5.74) is 7.06. The molecule has 16 heavy (non-hydrogen) atoms. The van der Waals surface area contributed by atoms with E-state index in [-0.39, 0.29) is 0 Å². The third kappa shape index (κ3) is 7.89. The minimum Gasteiger partial charge on any atom is -0.330 e.